The van der Waals surface area contributed by atoms with Gasteiger partial charge >= 0.3 is 0 Å². The lowest BCUT2D eigenvalue weighted by Gasteiger charge is -2.09. The Balaban J connectivity index is 2.09. The van der Waals surface area contributed by atoms with Crippen molar-refractivity contribution in [2.24, 2.45) is 7.05 Å². The van der Waals surface area contributed by atoms with E-state index in [1.54, 1.807) is 29.3 Å². The quantitative estimate of drug-likeness (QED) is 0.813. The molecule has 1 unspecified atom stereocenters. The van der Waals surface area contributed by atoms with E-state index in [1.165, 1.54) is 0 Å². The number of nitrogens with one attached hydrogen (secondary N) is 1. The van der Waals surface area contributed by atoms with Crippen molar-refractivity contribution in [2.45, 2.75) is 13.0 Å². The molecule has 7 heteroatoms. The highest BCUT2D eigenvalue weighted by Crippen LogP contribution is 2.18. The Kier molecular flexibility index (Phi) is 2.40. The van der Waals surface area contributed by atoms with Gasteiger partial charge in [-0.3, -0.25) is 0 Å². The summed E-state index contributed by atoms with van der Waals surface area (Å²) >= 11 is 1.61. The molecule has 0 aliphatic heterocycles. The first-order chi connectivity index (χ1) is 6.77. The molecule has 0 fully saturated rings. The molecule has 2 rings (SSSR count). The van der Waals surface area contributed by atoms with Crippen LogP contribution in [-0.4, -0.2) is 25.2 Å². The number of anilines is 1. The summed E-state index contributed by atoms with van der Waals surface area (Å²) in [6.07, 6.45) is 1.78. The maximum Gasteiger partial charge on any atom is 0.243 e. The highest BCUT2D eigenvalue weighted by atomic mass is 32.1. The van der Waals surface area contributed by atoms with Crippen molar-refractivity contribution in [3.63, 3.8) is 0 Å². The Morgan fingerprint density at radius 2 is 2.43 bits per heavy atom. The maximum atomic E-state index is 4.20. The zero-order valence-electron chi connectivity index (χ0n) is 7.88. The molecule has 0 aliphatic carbocycles. The molecule has 6 nitrogen and oxygen atoms in total. The minimum Gasteiger partial charge on any atom is -0.344 e. The SMILES string of the molecule is CC(Nc1nnnn1C)c1nccs1. The molecule has 0 saturated carbocycles. The van der Waals surface area contributed by atoms with E-state index in [4.69, 9.17) is 0 Å². The average molecular weight is 210 g/mol. The van der Waals surface area contributed by atoms with Crippen molar-refractivity contribution >= 4 is 17.3 Å². The number of hydrogen-bond acceptors (Lipinski definition) is 6. The van der Waals surface area contributed by atoms with E-state index in [1.807, 2.05) is 12.3 Å². The van der Waals surface area contributed by atoms with Crippen molar-refractivity contribution in [1.29, 1.82) is 0 Å². The second kappa shape index (κ2) is 3.70. The lowest BCUT2D eigenvalue weighted by molar-refractivity contribution is 0.705. The molecular weight excluding hydrogens is 200 g/mol. The van der Waals surface area contributed by atoms with Gasteiger partial charge in [0.05, 0.1) is 6.04 Å². The molecule has 0 amide bonds. The van der Waals surface area contributed by atoms with Gasteiger partial charge in [-0.15, -0.1) is 11.3 Å². The summed E-state index contributed by atoms with van der Waals surface area (Å²) in [7, 11) is 1.79. The smallest absolute Gasteiger partial charge is 0.243 e. The van der Waals surface area contributed by atoms with Gasteiger partial charge in [-0.1, -0.05) is 5.10 Å². The van der Waals surface area contributed by atoms with Gasteiger partial charge in [0.15, 0.2) is 0 Å². The maximum absolute atomic E-state index is 4.20. The molecule has 0 spiro atoms. The van der Waals surface area contributed by atoms with Crippen LogP contribution in [0.15, 0.2) is 11.6 Å². The van der Waals surface area contributed by atoms with Crippen molar-refractivity contribution in [3.8, 4) is 0 Å². The Hall–Kier alpha value is -1.50. The zero-order valence-corrected chi connectivity index (χ0v) is 8.69. The largest absolute Gasteiger partial charge is 0.344 e. The first-order valence-corrected chi connectivity index (χ1v) is 5.03. The van der Waals surface area contributed by atoms with Crippen LogP contribution >= 0.6 is 11.3 Å². The zero-order chi connectivity index (χ0) is 9.97. The predicted molar refractivity (Wildman–Crippen MR) is 52.9 cm³/mol. The molecule has 1 N–H and O–H groups in total. The van der Waals surface area contributed by atoms with Gasteiger partial charge in [0, 0.05) is 18.6 Å². The molecule has 0 bridgehead atoms. The van der Waals surface area contributed by atoms with E-state index in [2.05, 4.69) is 25.8 Å². The van der Waals surface area contributed by atoms with Crippen molar-refractivity contribution in [2.75, 3.05) is 5.32 Å². The van der Waals surface area contributed by atoms with Crippen molar-refractivity contribution in [3.05, 3.63) is 16.6 Å². The van der Waals surface area contributed by atoms with Crippen LogP contribution in [0.4, 0.5) is 5.95 Å². The molecule has 2 aromatic rings. The second-order valence-electron chi connectivity index (χ2n) is 2.86. The van der Waals surface area contributed by atoms with E-state index in [-0.39, 0.29) is 6.04 Å². The normalized spacial score (nSPS) is 12.7. The third-order valence-corrected chi connectivity index (χ3v) is 2.75. The van der Waals surface area contributed by atoms with Gasteiger partial charge in [0.2, 0.25) is 5.95 Å². The standard InChI is InChI=1S/C7H10N6S/c1-5(6-8-3-4-14-6)9-7-10-11-12-13(7)2/h3-5H,1-2H3,(H,9,10,12). The van der Waals surface area contributed by atoms with Gasteiger partial charge in [-0.25, -0.2) is 9.67 Å². The van der Waals surface area contributed by atoms with E-state index in [9.17, 15) is 0 Å². The summed E-state index contributed by atoms with van der Waals surface area (Å²) in [5.74, 6) is 0.646. The third-order valence-electron chi connectivity index (χ3n) is 1.79. The fourth-order valence-electron chi connectivity index (χ4n) is 1.06. The monoisotopic (exact) mass is 210 g/mol. The van der Waals surface area contributed by atoms with E-state index in [0.717, 1.165) is 5.01 Å². The molecule has 2 aromatic heterocycles. The molecule has 14 heavy (non-hydrogen) atoms. The number of rotatable bonds is 3. The van der Waals surface area contributed by atoms with Gasteiger partial charge in [0.25, 0.3) is 0 Å². The van der Waals surface area contributed by atoms with Crippen LogP contribution in [0, 0.1) is 0 Å². The number of nitrogens with zero attached hydrogens (tertiary/aromatic N) is 5. The topological polar surface area (TPSA) is 68.5 Å². The summed E-state index contributed by atoms with van der Waals surface area (Å²) in [6.45, 7) is 2.02. The second-order valence-corrected chi connectivity index (χ2v) is 3.79. The molecule has 0 aliphatic rings. The van der Waals surface area contributed by atoms with Crippen LogP contribution < -0.4 is 5.32 Å². The minimum atomic E-state index is 0.125. The van der Waals surface area contributed by atoms with Crippen molar-refractivity contribution < 1.29 is 0 Å². The lowest BCUT2D eigenvalue weighted by Crippen LogP contribution is -2.10. The van der Waals surface area contributed by atoms with Gasteiger partial charge in [0.1, 0.15) is 5.01 Å². The molecule has 1 atom stereocenters. The van der Waals surface area contributed by atoms with Crippen LogP contribution in [-0.2, 0) is 7.05 Å². The van der Waals surface area contributed by atoms with Crippen LogP contribution in [0.2, 0.25) is 0 Å². The summed E-state index contributed by atoms with van der Waals surface area (Å²) in [5, 5.41) is 17.2. The number of aromatic nitrogens is 5. The molecule has 74 valence electrons. The van der Waals surface area contributed by atoms with Crippen LogP contribution in [0.1, 0.15) is 18.0 Å². The third kappa shape index (κ3) is 1.72. The average Bonchev–Trinajstić information content (AvgIpc) is 2.77. The Morgan fingerprint density at radius 3 is 3.00 bits per heavy atom. The first kappa shape index (κ1) is 9.07. The molecular formula is C7H10N6S. The lowest BCUT2D eigenvalue weighted by atomic mass is 10.4. The first-order valence-electron chi connectivity index (χ1n) is 4.15. The van der Waals surface area contributed by atoms with Crippen LogP contribution in [0.5, 0.6) is 0 Å². The Morgan fingerprint density at radius 1 is 1.57 bits per heavy atom. The Labute approximate surface area is 85.0 Å². The fraction of sp³-hybridized carbons (Fsp3) is 0.429. The molecule has 0 radical (unpaired) electrons. The van der Waals surface area contributed by atoms with Gasteiger partial charge in [-0.05, 0) is 17.4 Å². The van der Waals surface area contributed by atoms with Gasteiger partial charge < -0.3 is 5.32 Å². The number of thiazole rings is 1. The van der Waals surface area contributed by atoms with E-state index >= 15 is 0 Å². The Bertz CT molecular complexity index is 394. The number of hydrogen-bond donors (Lipinski definition) is 1. The summed E-state index contributed by atoms with van der Waals surface area (Å²) in [5.41, 5.74) is 0. The fourth-order valence-corrected chi connectivity index (χ4v) is 1.70. The summed E-state index contributed by atoms with van der Waals surface area (Å²) < 4.78 is 1.59. The van der Waals surface area contributed by atoms with Crippen LogP contribution in [0.3, 0.4) is 0 Å². The number of tetrazole rings is 1. The van der Waals surface area contributed by atoms with Crippen molar-refractivity contribution in [1.82, 2.24) is 25.2 Å². The van der Waals surface area contributed by atoms with Gasteiger partial charge in [-0.2, -0.15) is 0 Å². The highest BCUT2D eigenvalue weighted by molar-refractivity contribution is 7.09. The predicted octanol–water partition coefficient (Wildman–Crippen LogP) is 0.840. The molecule has 0 aromatic carbocycles. The highest BCUT2D eigenvalue weighted by Gasteiger charge is 2.10. The van der Waals surface area contributed by atoms with Crippen LogP contribution in [0.25, 0.3) is 0 Å². The number of aryl methyl sites for hydroxylation is 1. The summed E-state index contributed by atoms with van der Waals surface area (Å²) in [6, 6.07) is 0.125. The minimum absolute atomic E-state index is 0.125. The molecule has 2 heterocycles. The van der Waals surface area contributed by atoms with E-state index < -0.39 is 0 Å². The van der Waals surface area contributed by atoms with E-state index in [0.29, 0.717) is 5.95 Å². The summed E-state index contributed by atoms with van der Waals surface area (Å²) in [4.78, 5) is 4.20. The molecule has 0 saturated heterocycles.